The fourth-order valence-corrected chi connectivity index (χ4v) is 1.81. The van der Waals surface area contributed by atoms with Gasteiger partial charge in [-0.05, 0) is 31.0 Å². The highest BCUT2D eigenvalue weighted by molar-refractivity contribution is 5.96. The molecule has 1 aliphatic rings. The molecule has 0 bridgehead atoms. The Morgan fingerprint density at radius 3 is 2.70 bits per heavy atom. The summed E-state index contributed by atoms with van der Waals surface area (Å²) in [6.45, 7) is -0.0387. The average Bonchev–Trinajstić information content (AvgIpc) is 3.21. The zero-order valence-electron chi connectivity index (χ0n) is 11.5. The summed E-state index contributed by atoms with van der Waals surface area (Å²) in [6.07, 6.45) is 1.99. The molecule has 108 valence electrons. The molecule has 1 fully saturated rings. The summed E-state index contributed by atoms with van der Waals surface area (Å²) in [5.41, 5.74) is 0.185. The fourth-order valence-electron chi connectivity index (χ4n) is 1.81. The van der Waals surface area contributed by atoms with Crippen LogP contribution in [0.1, 0.15) is 23.2 Å². The van der Waals surface area contributed by atoms with E-state index in [0.717, 1.165) is 18.9 Å². The van der Waals surface area contributed by atoms with Crippen LogP contribution in [-0.2, 0) is 4.79 Å². The summed E-state index contributed by atoms with van der Waals surface area (Å²) < 4.78 is 18.3. The first kappa shape index (κ1) is 14.3. The third-order valence-electron chi connectivity index (χ3n) is 3.07. The van der Waals surface area contributed by atoms with Crippen LogP contribution in [0.5, 0.6) is 5.75 Å². The molecule has 1 saturated carbocycles. The van der Waals surface area contributed by atoms with Crippen LogP contribution in [0, 0.1) is 5.82 Å². The molecule has 1 aromatic rings. The highest BCUT2D eigenvalue weighted by Crippen LogP contribution is 2.19. The minimum Gasteiger partial charge on any atom is -0.494 e. The van der Waals surface area contributed by atoms with E-state index in [2.05, 4.69) is 5.32 Å². The molecule has 6 heteroatoms. The maximum absolute atomic E-state index is 13.5. The number of hydrogen-bond acceptors (Lipinski definition) is 3. The summed E-state index contributed by atoms with van der Waals surface area (Å²) in [5.74, 6) is -1.13. The molecule has 2 amide bonds. The maximum atomic E-state index is 13.5. The Morgan fingerprint density at radius 1 is 1.45 bits per heavy atom. The van der Waals surface area contributed by atoms with Gasteiger partial charge in [0.2, 0.25) is 5.91 Å². The van der Waals surface area contributed by atoms with Crippen molar-refractivity contribution in [1.82, 2.24) is 10.2 Å². The van der Waals surface area contributed by atoms with Gasteiger partial charge in [0.25, 0.3) is 5.91 Å². The predicted octanol–water partition coefficient (Wildman–Crippen LogP) is 1.18. The molecule has 0 atom stereocenters. The molecular formula is C14H17FN2O3. The van der Waals surface area contributed by atoms with Crippen LogP contribution in [-0.4, -0.2) is 43.5 Å². The van der Waals surface area contributed by atoms with Gasteiger partial charge in [0.15, 0.2) is 11.6 Å². The van der Waals surface area contributed by atoms with E-state index in [-0.39, 0.29) is 29.8 Å². The number of ether oxygens (including phenoxy) is 1. The molecule has 0 unspecified atom stereocenters. The summed E-state index contributed by atoms with van der Waals surface area (Å²) in [5, 5.41) is 2.79. The molecule has 1 aliphatic carbocycles. The van der Waals surface area contributed by atoms with Crippen molar-refractivity contribution in [2.75, 3.05) is 20.7 Å². The fraction of sp³-hybridized carbons (Fsp3) is 0.429. The van der Waals surface area contributed by atoms with Crippen molar-refractivity contribution in [2.45, 2.75) is 18.9 Å². The quantitative estimate of drug-likeness (QED) is 0.881. The zero-order valence-corrected chi connectivity index (χ0v) is 11.5. The van der Waals surface area contributed by atoms with E-state index < -0.39 is 11.7 Å². The van der Waals surface area contributed by atoms with E-state index in [1.165, 1.54) is 31.2 Å². The predicted molar refractivity (Wildman–Crippen MR) is 71.1 cm³/mol. The van der Waals surface area contributed by atoms with Crippen LogP contribution in [0.15, 0.2) is 18.2 Å². The summed E-state index contributed by atoms with van der Waals surface area (Å²) >= 11 is 0. The van der Waals surface area contributed by atoms with Gasteiger partial charge < -0.3 is 15.0 Å². The number of hydrogen-bond donors (Lipinski definition) is 1. The number of methoxy groups -OCH3 is 1. The van der Waals surface area contributed by atoms with Gasteiger partial charge in [-0.2, -0.15) is 0 Å². The highest BCUT2D eigenvalue weighted by Gasteiger charge is 2.24. The van der Waals surface area contributed by atoms with E-state index in [9.17, 15) is 14.0 Å². The number of nitrogens with zero attached hydrogens (tertiary/aromatic N) is 1. The van der Waals surface area contributed by atoms with Crippen LogP contribution in [0.2, 0.25) is 0 Å². The second kappa shape index (κ2) is 5.90. The van der Waals surface area contributed by atoms with E-state index in [1.54, 1.807) is 0 Å². The first-order valence-electron chi connectivity index (χ1n) is 6.39. The van der Waals surface area contributed by atoms with Crippen molar-refractivity contribution < 1.29 is 18.7 Å². The van der Waals surface area contributed by atoms with Crippen molar-refractivity contribution in [1.29, 1.82) is 0 Å². The summed E-state index contributed by atoms with van der Waals surface area (Å²) in [7, 11) is 2.87. The van der Waals surface area contributed by atoms with Gasteiger partial charge in [-0.1, -0.05) is 0 Å². The van der Waals surface area contributed by atoms with Crippen molar-refractivity contribution in [2.24, 2.45) is 0 Å². The van der Waals surface area contributed by atoms with Crippen LogP contribution in [0.25, 0.3) is 0 Å². The van der Waals surface area contributed by atoms with Gasteiger partial charge in [-0.15, -0.1) is 0 Å². The van der Waals surface area contributed by atoms with Crippen molar-refractivity contribution >= 4 is 11.8 Å². The number of carbonyl (C=O) groups excluding carboxylic acids is 2. The van der Waals surface area contributed by atoms with Crippen LogP contribution in [0.3, 0.4) is 0 Å². The molecule has 1 N–H and O–H groups in total. The Hall–Kier alpha value is -2.11. The number of halogens is 1. The SMILES string of the molecule is COc1ccc(C(=O)N(C)CC(=O)NC2CC2)cc1F. The van der Waals surface area contributed by atoms with Crippen LogP contribution < -0.4 is 10.1 Å². The second-order valence-corrected chi connectivity index (χ2v) is 4.85. The molecule has 20 heavy (non-hydrogen) atoms. The van der Waals surface area contributed by atoms with Crippen LogP contribution in [0.4, 0.5) is 4.39 Å². The van der Waals surface area contributed by atoms with Gasteiger partial charge in [0, 0.05) is 18.7 Å². The Morgan fingerprint density at radius 2 is 2.15 bits per heavy atom. The smallest absolute Gasteiger partial charge is 0.254 e. The van der Waals surface area contributed by atoms with Crippen molar-refractivity contribution in [3.05, 3.63) is 29.6 Å². The minimum absolute atomic E-state index is 0.0387. The molecule has 0 aliphatic heterocycles. The molecule has 0 aromatic heterocycles. The number of benzene rings is 1. The molecule has 0 saturated heterocycles. The highest BCUT2D eigenvalue weighted by atomic mass is 19.1. The number of likely N-dealkylation sites (N-methyl/N-ethyl adjacent to an activating group) is 1. The summed E-state index contributed by atoms with van der Waals surface area (Å²) in [4.78, 5) is 24.9. The van der Waals surface area contributed by atoms with Gasteiger partial charge in [0.1, 0.15) is 0 Å². The lowest BCUT2D eigenvalue weighted by Gasteiger charge is -2.17. The van der Waals surface area contributed by atoms with Gasteiger partial charge in [-0.25, -0.2) is 4.39 Å². The van der Waals surface area contributed by atoms with Gasteiger partial charge in [0.05, 0.1) is 13.7 Å². The lowest BCUT2D eigenvalue weighted by Crippen LogP contribution is -2.39. The molecule has 0 spiro atoms. The number of rotatable bonds is 5. The number of amides is 2. The Bertz CT molecular complexity index is 529. The molecule has 2 rings (SSSR count). The molecule has 0 heterocycles. The van der Waals surface area contributed by atoms with E-state index in [4.69, 9.17) is 4.74 Å². The largest absolute Gasteiger partial charge is 0.494 e. The van der Waals surface area contributed by atoms with Gasteiger partial charge in [-0.3, -0.25) is 9.59 Å². The minimum atomic E-state index is -0.603. The third-order valence-corrected chi connectivity index (χ3v) is 3.07. The van der Waals surface area contributed by atoms with Crippen molar-refractivity contribution in [3.63, 3.8) is 0 Å². The Labute approximate surface area is 116 Å². The van der Waals surface area contributed by atoms with Crippen LogP contribution >= 0.6 is 0 Å². The van der Waals surface area contributed by atoms with E-state index in [1.807, 2.05) is 0 Å². The average molecular weight is 280 g/mol. The Balaban J connectivity index is 1.98. The Kier molecular flexibility index (Phi) is 4.22. The lowest BCUT2D eigenvalue weighted by atomic mass is 10.2. The first-order chi connectivity index (χ1) is 9.51. The van der Waals surface area contributed by atoms with Gasteiger partial charge >= 0.3 is 0 Å². The third kappa shape index (κ3) is 3.46. The first-order valence-corrected chi connectivity index (χ1v) is 6.39. The monoisotopic (exact) mass is 280 g/mol. The molecular weight excluding hydrogens is 263 g/mol. The topological polar surface area (TPSA) is 58.6 Å². The second-order valence-electron chi connectivity index (χ2n) is 4.85. The van der Waals surface area contributed by atoms with Crippen molar-refractivity contribution in [3.8, 4) is 5.75 Å². The van der Waals surface area contributed by atoms with E-state index >= 15 is 0 Å². The number of carbonyl (C=O) groups is 2. The molecule has 1 aromatic carbocycles. The lowest BCUT2D eigenvalue weighted by molar-refractivity contribution is -0.121. The number of nitrogens with one attached hydrogen (secondary N) is 1. The molecule has 0 radical (unpaired) electrons. The molecule has 5 nitrogen and oxygen atoms in total. The summed E-state index contributed by atoms with van der Waals surface area (Å²) in [6, 6.07) is 4.22. The zero-order chi connectivity index (χ0) is 14.7. The normalized spacial score (nSPS) is 13.8. The maximum Gasteiger partial charge on any atom is 0.254 e. The van der Waals surface area contributed by atoms with E-state index in [0.29, 0.717) is 0 Å². The standard InChI is InChI=1S/C14H17FN2O3/c1-17(8-13(18)16-10-4-5-10)14(19)9-3-6-12(20-2)11(15)7-9/h3,6-7,10H,4-5,8H2,1-2H3,(H,16,18).